The summed E-state index contributed by atoms with van der Waals surface area (Å²) < 4.78 is 20.5. The van der Waals surface area contributed by atoms with Gasteiger partial charge in [0.05, 0.1) is 16.3 Å². The molecule has 0 spiro atoms. The fraction of sp³-hybridized carbons (Fsp3) is 0.0455. The number of aromatic nitrogens is 2. The van der Waals surface area contributed by atoms with Gasteiger partial charge in [-0.2, -0.15) is 5.10 Å². The highest BCUT2D eigenvalue weighted by Crippen LogP contribution is 2.26. The molecule has 1 N–H and O–H groups in total. The number of para-hydroxylation sites is 1. The minimum Gasteiger partial charge on any atom is -0.451 e. The van der Waals surface area contributed by atoms with Crippen LogP contribution in [0, 0.1) is 5.82 Å². The van der Waals surface area contributed by atoms with E-state index in [4.69, 9.17) is 16.3 Å². The van der Waals surface area contributed by atoms with Crippen molar-refractivity contribution in [2.75, 3.05) is 11.9 Å². The maximum atomic E-state index is 13.8. The Bertz CT molecular complexity index is 1230. The van der Waals surface area contributed by atoms with E-state index in [1.165, 1.54) is 28.2 Å². The van der Waals surface area contributed by atoms with Crippen molar-refractivity contribution in [1.29, 1.82) is 0 Å². The van der Waals surface area contributed by atoms with Gasteiger partial charge in [0, 0.05) is 11.1 Å². The largest absolute Gasteiger partial charge is 0.451 e. The molecule has 0 bridgehead atoms. The third kappa shape index (κ3) is 4.82. The molecule has 2 aromatic heterocycles. The molecular weight excluding hydrogens is 441 g/mol. The van der Waals surface area contributed by atoms with Crippen molar-refractivity contribution in [3.63, 3.8) is 0 Å². The molecule has 0 saturated heterocycles. The number of nitrogens with zero attached hydrogens (tertiary/aromatic N) is 2. The monoisotopic (exact) mass is 455 g/mol. The lowest BCUT2D eigenvalue weighted by Gasteiger charge is -2.09. The van der Waals surface area contributed by atoms with E-state index in [9.17, 15) is 14.0 Å². The van der Waals surface area contributed by atoms with E-state index in [1.54, 1.807) is 18.2 Å². The number of nitrogens with one attached hydrogen (secondary N) is 1. The Labute approximate surface area is 185 Å². The molecule has 0 aliphatic rings. The molecule has 0 aliphatic carbocycles. The summed E-state index contributed by atoms with van der Waals surface area (Å²) in [5.41, 5.74) is 1.39. The second kappa shape index (κ2) is 9.11. The van der Waals surface area contributed by atoms with Gasteiger partial charge >= 0.3 is 5.97 Å². The molecule has 31 heavy (non-hydrogen) atoms. The number of thiophene rings is 1. The summed E-state index contributed by atoms with van der Waals surface area (Å²) in [5.74, 6) is -2.10. The number of benzene rings is 2. The summed E-state index contributed by atoms with van der Waals surface area (Å²) in [6, 6.07) is 18.3. The summed E-state index contributed by atoms with van der Waals surface area (Å²) in [6.45, 7) is -0.588. The van der Waals surface area contributed by atoms with Crippen molar-refractivity contribution in [3.8, 4) is 16.3 Å². The highest BCUT2D eigenvalue weighted by Gasteiger charge is 2.20. The standard InChI is InChI=1S/C22H15ClFN3O3S/c23-14-8-9-17(16(24)11-14)25-21(28)13-30-22(29)19-12-18(20-7-4-10-31-20)26-27(19)15-5-2-1-3-6-15/h1-12H,13H2,(H,25,28). The first-order chi connectivity index (χ1) is 15.0. The zero-order valence-corrected chi connectivity index (χ0v) is 17.5. The molecule has 0 atom stereocenters. The smallest absolute Gasteiger partial charge is 0.357 e. The van der Waals surface area contributed by atoms with Crippen LogP contribution in [0.3, 0.4) is 0 Å². The summed E-state index contributed by atoms with van der Waals surface area (Å²) in [4.78, 5) is 25.8. The second-order valence-electron chi connectivity index (χ2n) is 6.39. The SMILES string of the molecule is O=C(COC(=O)c1cc(-c2cccs2)nn1-c1ccccc1)Nc1ccc(Cl)cc1F. The third-order valence-corrected chi connectivity index (χ3v) is 5.36. The van der Waals surface area contributed by atoms with E-state index in [1.807, 2.05) is 35.7 Å². The molecule has 0 radical (unpaired) electrons. The molecule has 0 fully saturated rings. The number of anilines is 1. The van der Waals surface area contributed by atoms with Gasteiger partial charge in [-0.3, -0.25) is 4.79 Å². The van der Waals surface area contributed by atoms with Gasteiger partial charge in [0.15, 0.2) is 12.3 Å². The Hall–Kier alpha value is -3.49. The fourth-order valence-electron chi connectivity index (χ4n) is 2.82. The van der Waals surface area contributed by atoms with E-state index in [0.29, 0.717) is 11.4 Å². The zero-order chi connectivity index (χ0) is 21.8. The highest BCUT2D eigenvalue weighted by atomic mass is 35.5. The Balaban J connectivity index is 1.51. The van der Waals surface area contributed by atoms with E-state index in [2.05, 4.69) is 10.4 Å². The lowest BCUT2D eigenvalue weighted by molar-refractivity contribution is -0.119. The first-order valence-corrected chi connectivity index (χ1v) is 10.4. The van der Waals surface area contributed by atoms with Gasteiger partial charge in [0.25, 0.3) is 5.91 Å². The Kier molecular flexibility index (Phi) is 6.11. The number of carbonyl (C=O) groups is 2. The van der Waals surface area contributed by atoms with Gasteiger partial charge in [-0.05, 0) is 41.8 Å². The van der Waals surface area contributed by atoms with Gasteiger partial charge in [-0.25, -0.2) is 13.9 Å². The minimum atomic E-state index is -0.731. The molecule has 6 nitrogen and oxygen atoms in total. The Morgan fingerprint density at radius 1 is 1.10 bits per heavy atom. The van der Waals surface area contributed by atoms with Crippen molar-refractivity contribution < 1.29 is 18.7 Å². The first kappa shape index (κ1) is 20.8. The maximum absolute atomic E-state index is 13.8. The Morgan fingerprint density at radius 2 is 1.90 bits per heavy atom. The van der Waals surface area contributed by atoms with Gasteiger partial charge in [0.1, 0.15) is 11.5 Å². The van der Waals surface area contributed by atoms with Crippen molar-refractivity contribution in [3.05, 3.63) is 88.6 Å². The average Bonchev–Trinajstić information content (AvgIpc) is 3.45. The van der Waals surface area contributed by atoms with Crippen LogP contribution < -0.4 is 5.32 Å². The first-order valence-electron chi connectivity index (χ1n) is 9.12. The molecule has 0 unspecified atom stereocenters. The molecule has 9 heteroatoms. The number of esters is 1. The number of rotatable bonds is 6. The molecule has 2 heterocycles. The zero-order valence-electron chi connectivity index (χ0n) is 15.9. The molecule has 1 amide bonds. The molecule has 0 saturated carbocycles. The topological polar surface area (TPSA) is 73.2 Å². The van der Waals surface area contributed by atoms with Crippen LogP contribution in [0.2, 0.25) is 5.02 Å². The number of halogens is 2. The third-order valence-electron chi connectivity index (χ3n) is 4.23. The van der Waals surface area contributed by atoms with Crippen molar-refractivity contribution in [1.82, 2.24) is 9.78 Å². The van der Waals surface area contributed by atoms with E-state index < -0.39 is 24.3 Å². The van der Waals surface area contributed by atoms with Crippen LogP contribution in [-0.2, 0) is 9.53 Å². The molecule has 0 aliphatic heterocycles. The van der Waals surface area contributed by atoms with Crippen LogP contribution in [0.25, 0.3) is 16.3 Å². The lowest BCUT2D eigenvalue weighted by Crippen LogP contribution is -2.22. The van der Waals surface area contributed by atoms with Crippen LogP contribution in [0.4, 0.5) is 10.1 Å². The van der Waals surface area contributed by atoms with Crippen molar-refractivity contribution in [2.24, 2.45) is 0 Å². The van der Waals surface area contributed by atoms with E-state index in [0.717, 1.165) is 10.9 Å². The molecule has 4 rings (SSSR count). The number of ether oxygens (including phenoxy) is 1. The molecule has 156 valence electrons. The Morgan fingerprint density at radius 3 is 2.61 bits per heavy atom. The molecular formula is C22H15ClFN3O3S. The maximum Gasteiger partial charge on any atom is 0.357 e. The highest BCUT2D eigenvalue weighted by molar-refractivity contribution is 7.13. The summed E-state index contributed by atoms with van der Waals surface area (Å²) in [7, 11) is 0. The van der Waals surface area contributed by atoms with Gasteiger partial charge in [0.2, 0.25) is 0 Å². The lowest BCUT2D eigenvalue weighted by atomic mass is 10.3. The second-order valence-corrected chi connectivity index (χ2v) is 7.77. The summed E-state index contributed by atoms with van der Waals surface area (Å²) in [5, 5.41) is 8.99. The van der Waals surface area contributed by atoms with E-state index in [-0.39, 0.29) is 16.4 Å². The normalized spacial score (nSPS) is 10.6. The van der Waals surface area contributed by atoms with Crippen LogP contribution in [0.1, 0.15) is 10.5 Å². The van der Waals surface area contributed by atoms with Gasteiger partial charge in [-0.1, -0.05) is 35.9 Å². The number of carbonyl (C=O) groups excluding carboxylic acids is 2. The van der Waals surface area contributed by atoms with Crippen LogP contribution >= 0.6 is 22.9 Å². The predicted octanol–water partition coefficient (Wildman–Crippen LogP) is 5.19. The fourth-order valence-corrected chi connectivity index (χ4v) is 3.66. The number of amides is 1. The number of hydrogen-bond acceptors (Lipinski definition) is 5. The van der Waals surface area contributed by atoms with Crippen LogP contribution in [-0.4, -0.2) is 28.3 Å². The van der Waals surface area contributed by atoms with Gasteiger partial charge in [-0.15, -0.1) is 11.3 Å². The minimum absolute atomic E-state index is 0.0558. The molecule has 4 aromatic rings. The van der Waals surface area contributed by atoms with Crippen molar-refractivity contribution >= 4 is 40.5 Å². The predicted molar refractivity (Wildman–Crippen MR) is 117 cm³/mol. The van der Waals surface area contributed by atoms with Crippen LogP contribution in [0.15, 0.2) is 72.1 Å². The average molecular weight is 456 g/mol. The van der Waals surface area contributed by atoms with Crippen LogP contribution in [0.5, 0.6) is 0 Å². The summed E-state index contributed by atoms with van der Waals surface area (Å²) in [6.07, 6.45) is 0. The summed E-state index contributed by atoms with van der Waals surface area (Å²) >= 11 is 7.19. The quantitative estimate of drug-likeness (QED) is 0.406. The van der Waals surface area contributed by atoms with E-state index >= 15 is 0 Å². The van der Waals surface area contributed by atoms with Crippen molar-refractivity contribution in [2.45, 2.75) is 0 Å². The number of hydrogen-bond donors (Lipinski definition) is 1. The molecule has 2 aromatic carbocycles. The van der Waals surface area contributed by atoms with Gasteiger partial charge < -0.3 is 10.1 Å².